The molecule has 0 spiro atoms. The number of halogens is 2. The summed E-state index contributed by atoms with van der Waals surface area (Å²) in [5, 5.41) is 0.846. The SMILES string of the molecule is C#CCOC(=O)/C=C/Oc1ccc(Cl)cc1Cl. The first kappa shape index (κ1) is 13.4. The van der Waals surface area contributed by atoms with Gasteiger partial charge in [0, 0.05) is 5.02 Å². The third-order valence-corrected chi connectivity index (χ3v) is 2.12. The van der Waals surface area contributed by atoms with Crippen LogP contribution in [0.25, 0.3) is 0 Å². The van der Waals surface area contributed by atoms with E-state index in [2.05, 4.69) is 10.7 Å². The van der Waals surface area contributed by atoms with Crippen molar-refractivity contribution in [3.05, 3.63) is 40.6 Å². The number of rotatable bonds is 4. The number of terminal acetylenes is 1. The summed E-state index contributed by atoms with van der Waals surface area (Å²) < 4.78 is 9.70. The third kappa shape index (κ3) is 4.81. The molecule has 0 aliphatic rings. The maximum absolute atomic E-state index is 11.0. The molecule has 0 aliphatic carbocycles. The van der Waals surface area contributed by atoms with Crippen molar-refractivity contribution in [1.29, 1.82) is 0 Å². The van der Waals surface area contributed by atoms with Gasteiger partial charge in [-0.15, -0.1) is 6.42 Å². The molecule has 88 valence electrons. The molecule has 0 unspecified atom stereocenters. The Morgan fingerprint density at radius 2 is 2.24 bits per heavy atom. The first-order valence-corrected chi connectivity index (χ1v) is 5.27. The average molecular weight is 271 g/mol. The van der Waals surface area contributed by atoms with E-state index in [1.807, 2.05) is 0 Å². The van der Waals surface area contributed by atoms with Gasteiger partial charge in [-0.3, -0.25) is 0 Å². The molecule has 0 saturated heterocycles. The minimum absolute atomic E-state index is 0.0785. The van der Waals surface area contributed by atoms with E-state index in [0.717, 1.165) is 12.3 Å². The fourth-order valence-corrected chi connectivity index (χ4v) is 1.35. The van der Waals surface area contributed by atoms with Gasteiger partial charge in [-0.1, -0.05) is 29.1 Å². The van der Waals surface area contributed by atoms with Gasteiger partial charge in [0.05, 0.1) is 17.4 Å². The van der Waals surface area contributed by atoms with Crippen LogP contribution in [0.1, 0.15) is 0 Å². The predicted octanol–water partition coefficient (Wildman–Crippen LogP) is 3.06. The predicted molar refractivity (Wildman–Crippen MR) is 66.0 cm³/mol. The molecular formula is C12H8Cl2O3. The van der Waals surface area contributed by atoms with Crippen LogP contribution >= 0.6 is 23.2 Å². The molecule has 0 heterocycles. The standard InChI is InChI=1S/C12H8Cl2O3/c1-2-6-17-12(15)5-7-16-11-4-3-9(13)8-10(11)14/h1,3-5,7-8H,6H2/b7-5+. The average Bonchev–Trinajstić information content (AvgIpc) is 2.29. The highest BCUT2D eigenvalue weighted by Gasteiger charge is 2.01. The lowest BCUT2D eigenvalue weighted by molar-refractivity contribution is -0.136. The van der Waals surface area contributed by atoms with E-state index in [1.54, 1.807) is 12.1 Å². The second-order valence-electron chi connectivity index (χ2n) is 2.81. The minimum atomic E-state index is -0.590. The summed E-state index contributed by atoms with van der Waals surface area (Å²) in [6.45, 7) is -0.0785. The Bertz CT molecular complexity index is 475. The fraction of sp³-hybridized carbons (Fsp3) is 0.0833. The van der Waals surface area contributed by atoms with Gasteiger partial charge in [-0.25, -0.2) is 4.79 Å². The van der Waals surface area contributed by atoms with Crippen molar-refractivity contribution < 1.29 is 14.3 Å². The zero-order valence-corrected chi connectivity index (χ0v) is 10.2. The van der Waals surface area contributed by atoms with E-state index in [-0.39, 0.29) is 6.61 Å². The minimum Gasteiger partial charge on any atom is -0.463 e. The second kappa shape index (κ2) is 6.85. The van der Waals surface area contributed by atoms with Crippen LogP contribution in [-0.4, -0.2) is 12.6 Å². The monoisotopic (exact) mass is 270 g/mol. The highest BCUT2D eigenvalue weighted by atomic mass is 35.5. The Kier molecular flexibility index (Phi) is 5.41. The third-order valence-electron chi connectivity index (χ3n) is 1.59. The van der Waals surface area contributed by atoms with Crippen molar-refractivity contribution in [1.82, 2.24) is 0 Å². The number of benzene rings is 1. The molecular weight excluding hydrogens is 263 g/mol. The maximum atomic E-state index is 11.0. The van der Waals surface area contributed by atoms with Crippen LogP contribution in [0.2, 0.25) is 10.0 Å². The molecule has 0 N–H and O–H groups in total. The van der Waals surface area contributed by atoms with Crippen LogP contribution < -0.4 is 4.74 Å². The lowest BCUT2D eigenvalue weighted by atomic mass is 10.3. The summed E-state index contributed by atoms with van der Waals surface area (Å²) in [6.07, 6.45) is 7.18. The van der Waals surface area contributed by atoms with Crippen molar-refractivity contribution in [3.8, 4) is 18.1 Å². The van der Waals surface area contributed by atoms with E-state index in [1.165, 1.54) is 6.07 Å². The summed E-state index contributed by atoms with van der Waals surface area (Å²) in [5.74, 6) is 1.96. The number of carbonyl (C=O) groups excluding carboxylic acids is 1. The van der Waals surface area contributed by atoms with Crippen LogP contribution in [0.15, 0.2) is 30.5 Å². The largest absolute Gasteiger partial charge is 0.463 e. The van der Waals surface area contributed by atoms with Gasteiger partial charge in [0.1, 0.15) is 5.75 Å². The second-order valence-corrected chi connectivity index (χ2v) is 3.65. The normalized spacial score (nSPS) is 9.94. The van der Waals surface area contributed by atoms with E-state index in [0.29, 0.717) is 15.8 Å². The molecule has 0 radical (unpaired) electrons. The van der Waals surface area contributed by atoms with Crippen molar-refractivity contribution in [3.63, 3.8) is 0 Å². The molecule has 5 heteroatoms. The molecule has 0 aliphatic heterocycles. The van der Waals surface area contributed by atoms with Crippen molar-refractivity contribution in [2.45, 2.75) is 0 Å². The smallest absolute Gasteiger partial charge is 0.334 e. The van der Waals surface area contributed by atoms with Gasteiger partial charge in [-0.2, -0.15) is 0 Å². The van der Waals surface area contributed by atoms with E-state index in [4.69, 9.17) is 34.4 Å². The number of hydrogen-bond donors (Lipinski definition) is 0. The van der Waals surface area contributed by atoms with Gasteiger partial charge in [0.25, 0.3) is 0 Å². The number of esters is 1. The van der Waals surface area contributed by atoms with Crippen LogP contribution in [0.5, 0.6) is 5.75 Å². The summed E-state index contributed by atoms with van der Waals surface area (Å²) >= 11 is 11.6. The highest BCUT2D eigenvalue weighted by Crippen LogP contribution is 2.27. The summed E-state index contributed by atoms with van der Waals surface area (Å²) in [7, 11) is 0. The molecule has 0 bridgehead atoms. The summed E-state index contributed by atoms with van der Waals surface area (Å²) in [5.41, 5.74) is 0. The lowest BCUT2D eigenvalue weighted by Gasteiger charge is -2.02. The highest BCUT2D eigenvalue weighted by molar-refractivity contribution is 6.35. The van der Waals surface area contributed by atoms with E-state index >= 15 is 0 Å². The molecule has 0 amide bonds. The zero-order valence-electron chi connectivity index (χ0n) is 8.65. The molecule has 17 heavy (non-hydrogen) atoms. The first-order chi connectivity index (χ1) is 8.13. The molecule has 1 aromatic carbocycles. The topological polar surface area (TPSA) is 35.5 Å². The van der Waals surface area contributed by atoms with Gasteiger partial charge in [0.2, 0.25) is 0 Å². The fourth-order valence-electron chi connectivity index (χ4n) is 0.895. The van der Waals surface area contributed by atoms with Crippen molar-refractivity contribution in [2.24, 2.45) is 0 Å². The Labute approximate surface area is 109 Å². The summed E-state index contributed by atoms with van der Waals surface area (Å²) in [6, 6.07) is 4.73. The van der Waals surface area contributed by atoms with E-state index in [9.17, 15) is 4.79 Å². The Morgan fingerprint density at radius 1 is 1.47 bits per heavy atom. The van der Waals surface area contributed by atoms with Crippen LogP contribution in [-0.2, 0) is 9.53 Å². The van der Waals surface area contributed by atoms with Crippen LogP contribution in [0.3, 0.4) is 0 Å². The molecule has 0 fully saturated rings. The zero-order chi connectivity index (χ0) is 12.7. The van der Waals surface area contributed by atoms with Gasteiger partial charge in [0.15, 0.2) is 6.61 Å². The summed E-state index contributed by atoms with van der Waals surface area (Å²) in [4.78, 5) is 11.0. The molecule has 1 rings (SSSR count). The lowest BCUT2D eigenvalue weighted by Crippen LogP contribution is -2.00. The molecule has 1 aromatic rings. The van der Waals surface area contributed by atoms with Gasteiger partial charge in [-0.05, 0) is 18.2 Å². The number of hydrogen-bond acceptors (Lipinski definition) is 3. The molecule has 3 nitrogen and oxygen atoms in total. The molecule has 0 aromatic heterocycles. The van der Waals surface area contributed by atoms with E-state index < -0.39 is 5.97 Å². The number of carbonyl (C=O) groups is 1. The van der Waals surface area contributed by atoms with Crippen molar-refractivity contribution in [2.75, 3.05) is 6.61 Å². The van der Waals surface area contributed by atoms with Crippen molar-refractivity contribution >= 4 is 29.2 Å². The quantitative estimate of drug-likeness (QED) is 0.365. The first-order valence-electron chi connectivity index (χ1n) is 4.52. The molecule has 0 saturated carbocycles. The Hall–Kier alpha value is -1.63. The number of ether oxygens (including phenoxy) is 2. The molecule has 0 atom stereocenters. The van der Waals surface area contributed by atoms with Gasteiger partial charge < -0.3 is 9.47 Å². The Morgan fingerprint density at radius 3 is 2.88 bits per heavy atom. The maximum Gasteiger partial charge on any atom is 0.334 e. The Balaban J connectivity index is 2.53. The van der Waals surface area contributed by atoms with Gasteiger partial charge >= 0.3 is 5.97 Å². The van der Waals surface area contributed by atoms with Crippen LogP contribution in [0, 0.1) is 12.3 Å². The van der Waals surface area contributed by atoms with Crippen LogP contribution in [0.4, 0.5) is 0 Å².